The molecule has 0 aromatic heterocycles. The van der Waals surface area contributed by atoms with Gasteiger partial charge in [-0.15, -0.1) is 0 Å². The van der Waals surface area contributed by atoms with Gasteiger partial charge in [0.1, 0.15) is 32.5 Å². The topological polar surface area (TPSA) is 86.2 Å². The molecule has 0 rings (SSSR count). The van der Waals surface area contributed by atoms with E-state index in [2.05, 4.69) is 0 Å². The highest BCUT2D eigenvalue weighted by atomic mass is 32.1. The summed E-state index contributed by atoms with van der Waals surface area (Å²) in [5.41, 5.74) is 9.82. The Kier molecular flexibility index (Phi) is 3.53. The van der Waals surface area contributed by atoms with E-state index in [1.807, 2.05) is 0 Å². The third-order valence-corrected chi connectivity index (χ3v) is 1.35. The van der Waals surface area contributed by atoms with Crippen LogP contribution in [0.1, 0.15) is 0 Å². The number of nitrogens with two attached hydrogens (primary N) is 2. The minimum atomic E-state index is -0.162. The van der Waals surface area contributed by atoms with Crippen LogP contribution in [-0.4, -0.2) is 18.4 Å². The smallest absolute Gasteiger partial charge is 0.138 e. The molecule has 6 heteroatoms. The lowest BCUT2D eigenvalue weighted by Crippen LogP contribution is -2.30. The summed E-state index contributed by atoms with van der Waals surface area (Å²) in [6.45, 7) is 0. The van der Waals surface area contributed by atoms with Crippen LogP contribution in [0.4, 0.5) is 0 Å². The van der Waals surface area contributed by atoms with E-state index in [4.69, 9.17) is 11.5 Å². The van der Waals surface area contributed by atoms with E-state index in [9.17, 15) is 8.42 Å². The highest BCUT2D eigenvalue weighted by molar-refractivity contribution is 7.76. The van der Waals surface area contributed by atoms with Gasteiger partial charge in [-0.2, -0.15) is 0 Å². The van der Waals surface area contributed by atoms with Crippen molar-refractivity contribution in [2.45, 2.75) is 0 Å². The van der Waals surface area contributed by atoms with Crippen molar-refractivity contribution in [3.05, 3.63) is 0 Å². The molecule has 0 spiro atoms. The molecule has 0 aliphatic rings. The van der Waals surface area contributed by atoms with Gasteiger partial charge in [0.05, 0.1) is 0 Å². The van der Waals surface area contributed by atoms with Crippen molar-refractivity contribution >= 4 is 32.5 Å². The zero-order chi connectivity index (χ0) is 6.57. The van der Waals surface area contributed by atoms with Crippen LogP contribution in [-0.2, 0) is 22.5 Å². The lowest BCUT2D eigenvalue weighted by molar-refractivity contribution is 0.699. The lowest BCUT2D eigenvalue weighted by atomic mass is 10.7. The second-order valence-electron chi connectivity index (χ2n) is 0.895. The van der Waals surface area contributed by atoms with Gasteiger partial charge in [0.2, 0.25) is 0 Å². The van der Waals surface area contributed by atoms with Crippen molar-refractivity contribution in [3.8, 4) is 0 Å². The molecule has 4 N–H and O–H groups in total. The molecule has 4 nitrogen and oxygen atoms in total. The molecule has 0 aromatic carbocycles. The Labute approximate surface area is 53.0 Å². The van der Waals surface area contributed by atoms with Crippen LogP contribution in [0.2, 0.25) is 0 Å². The van der Waals surface area contributed by atoms with Crippen LogP contribution in [0.5, 0.6) is 0 Å². The minimum absolute atomic E-state index is 0.0190. The maximum atomic E-state index is 9.73. The number of hydrogen-bond donors (Lipinski definition) is 2. The molecule has 0 fully saturated rings. The molecular formula is C2H4N2O2S2. The molecule has 0 aliphatic heterocycles. The number of hydrogen-bond acceptors (Lipinski definition) is 2. The molecule has 0 atom stereocenters. The summed E-state index contributed by atoms with van der Waals surface area (Å²) in [7, 11) is 0. The fraction of sp³-hybridized carbons (Fsp3) is 0. The predicted octanol–water partition coefficient (Wildman–Crippen LogP) is -2.41. The SMILES string of the molecule is NC(=S=O)C(N)=S=O. The van der Waals surface area contributed by atoms with E-state index in [-0.39, 0.29) is 32.5 Å². The quantitative estimate of drug-likeness (QED) is 0.378. The third kappa shape index (κ3) is 2.12. The Morgan fingerprint density at radius 1 is 1.00 bits per heavy atom. The highest BCUT2D eigenvalue weighted by Crippen LogP contribution is 1.52. The summed E-state index contributed by atoms with van der Waals surface area (Å²) in [4.78, 5) is -0.324. The Morgan fingerprint density at radius 2 is 1.25 bits per heavy atom. The Hall–Kier alpha value is -0.300. The third-order valence-electron chi connectivity index (χ3n) is 0.422. The van der Waals surface area contributed by atoms with Gasteiger partial charge in [-0.1, -0.05) is 0 Å². The molecule has 0 aliphatic carbocycles. The van der Waals surface area contributed by atoms with Crippen molar-refractivity contribution in [1.29, 1.82) is 0 Å². The van der Waals surface area contributed by atoms with Gasteiger partial charge in [-0.3, -0.25) is 11.5 Å². The fourth-order valence-corrected chi connectivity index (χ4v) is 0.451. The summed E-state index contributed by atoms with van der Waals surface area (Å²) in [5.74, 6) is 0. The van der Waals surface area contributed by atoms with Crippen molar-refractivity contribution in [2.75, 3.05) is 0 Å². The van der Waals surface area contributed by atoms with Gasteiger partial charge in [-0.05, 0) is 0 Å². The van der Waals surface area contributed by atoms with Crippen LogP contribution >= 0.6 is 0 Å². The van der Waals surface area contributed by atoms with Gasteiger partial charge < -0.3 is 0 Å². The summed E-state index contributed by atoms with van der Waals surface area (Å²) in [5, 5.41) is 0. The Bertz CT molecular complexity index is 166. The van der Waals surface area contributed by atoms with E-state index >= 15 is 0 Å². The van der Waals surface area contributed by atoms with Gasteiger partial charge >= 0.3 is 0 Å². The zero-order valence-electron chi connectivity index (χ0n) is 3.79. The molecule has 0 heterocycles. The molecule has 0 aromatic rings. The highest BCUT2D eigenvalue weighted by Gasteiger charge is 1.91. The maximum absolute atomic E-state index is 9.73. The monoisotopic (exact) mass is 152 g/mol. The van der Waals surface area contributed by atoms with Crippen molar-refractivity contribution in [3.63, 3.8) is 0 Å². The second-order valence-corrected chi connectivity index (χ2v) is 2.11. The largest absolute Gasteiger partial charge is 0.289 e. The average molecular weight is 152 g/mol. The van der Waals surface area contributed by atoms with Gasteiger partial charge in [0.25, 0.3) is 0 Å². The van der Waals surface area contributed by atoms with E-state index in [1.165, 1.54) is 0 Å². The first-order valence-electron chi connectivity index (χ1n) is 1.57. The second kappa shape index (κ2) is 3.67. The maximum Gasteiger partial charge on any atom is 0.138 e. The first-order valence-corrected chi connectivity index (χ1v) is 3.05. The van der Waals surface area contributed by atoms with Crippen LogP contribution in [0.3, 0.4) is 0 Å². The average Bonchev–Trinajstić information content (AvgIpc) is 1.84. The summed E-state index contributed by atoms with van der Waals surface area (Å²) < 4.78 is 19.5. The zero-order valence-corrected chi connectivity index (χ0v) is 5.42. The molecule has 8 heavy (non-hydrogen) atoms. The van der Waals surface area contributed by atoms with Crippen molar-refractivity contribution in [1.82, 2.24) is 0 Å². The van der Waals surface area contributed by atoms with Gasteiger partial charge in [-0.25, -0.2) is 8.42 Å². The number of rotatable bonds is 0. The van der Waals surface area contributed by atoms with Crippen molar-refractivity contribution in [2.24, 2.45) is 11.5 Å². The fourth-order valence-electron chi connectivity index (χ4n) is 0.0821. The molecule has 0 unspecified atom stereocenters. The molecule has 0 amide bonds. The molecule has 46 valence electrons. The summed E-state index contributed by atoms with van der Waals surface area (Å²) in [6, 6.07) is 0. The van der Waals surface area contributed by atoms with Crippen LogP contribution in [0, 0.1) is 0 Å². The molecule has 0 bridgehead atoms. The van der Waals surface area contributed by atoms with Crippen LogP contribution in [0.15, 0.2) is 0 Å². The molecule has 0 radical (unpaired) electrons. The summed E-state index contributed by atoms with van der Waals surface area (Å²) >= 11 is 0.0381. The Morgan fingerprint density at radius 3 is 1.38 bits per heavy atom. The molecule has 0 saturated carbocycles. The standard InChI is InChI=1S/C2H4N2O2S2/c3-1(7-5)2(4)8-6/h3-4H2. The van der Waals surface area contributed by atoms with Crippen LogP contribution in [0.25, 0.3) is 0 Å². The van der Waals surface area contributed by atoms with E-state index < -0.39 is 0 Å². The van der Waals surface area contributed by atoms with E-state index in [0.29, 0.717) is 0 Å². The Balaban J connectivity index is 4.52. The predicted molar refractivity (Wildman–Crippen MR) is 34.7 cm³/mol. The van der Waals surface area contributed by atoms with E-state index in [1.54, 1.807) is 0 Å². The molecule has 0 saturated heterocycles. The lowest BCUT2D eigenvalue weighted by Gasteiger charge is -1.82. The first-order chi connectivity index (χ1) is 3.72. The van der Waals surface area contributed by atoms with Crippen molar-refractivity contribution < 1.29 is 8.42 Å². The van der Waals surface area contributed by atoms with E-state index in [0.717, 1.165) is 0 Å². The normalized spacial score (nSPS) is 7.75. The minimum Gasteiger partial charge on any atom is -0.289 e. The van der Waals surface area contributed by atoms with Gasteiger partial charge in [0.15, 0.2) is 0 Å². The first kappa shape index (κ1) is 7.70. The summed E-state index contributed by atoms with van der Waals surface area (Å²) in [6.07, 6.45) is 0. The van der Waals surface area contributed by atoms with Crippen LogP contribution < -0.4 is 11.5 Å². The van der Waals surface area contributed by atoms with Gasteiger partial charge in [0, 0.05) is 0 Å². The molecular weight excluding hydrogens is 148 g/mol.